The van der Waals surface area contributed by atoms with Crippen molar-refractivity contribution in [1.82, 2.24) is 19.7 Å². The fourth-order valence-corrected chi connectivity index (χ4v) is 4.06. The molecule has 4 rings (SSSR count). The average molecular weight is 405 g/mol. The Morgan fingerprint density at radius 3 is 2.57 bits per heavy atom. The number of piperidine rings is 1. The van der Waals surface area contributed by atoms with E-state index in [1.165, 1.54) is 16.8 Å². The monoisotopic (exact) mass is 404 g/mol. The van der Waals surface area contributed by atoms with Gasteiger partial charge in [0.25, 0.3) is 0 Å². The van der Waals surface area contributed by atoms with Crippen LogP contribution in [0, 0.1) is 19.8 Å². The second-order valence-electron chi connectivity index (χ2n) is 7.97. The Morgan fingerprint density at radius 1 is 1.17 bits per heavy atom. The number of amides is 1. The highest BCUT2D eigenvalue weighted by atomic mass is 16.1. The maximum Gasteiger partial charge on any atom is 0.229 e. The summed E-state index contributed by atoms with van der Waals surface area (Å²) >= 11 is 0. The van der Waals surface area contributed by atoms with Crippen LogP contribution in [0.4, 0.5) is 11.6 Å². The van der Waals surface area contributed by atoms with Gasteiger partial charge >= 0.3 is 0 Å². The maximum absolute atomic E-state index is 12.8. The van der Waals surface area contributed by atoms with Gasteiger partial charge in [0, 0.05) is 55.9 Å². The third-order valence-corrected chi connectivity index (χ3v) is 5.89. The lowest BCUT2D eigenvalue weighted by Crippen LogP contribution is -2.41. The molecule has 0 radical (unpaired) electrons. The number of carbonyl (C=O) groups excluding carboxylic acids is 1. The van der Waals surface area contributed by atoms with E-state index >= 15 is 0 Å². The first kappa shape index (κ1) is 20.1. The molecule has 0 bridgehead atoms. The molecule has 1 aliphatic rings. The van der Waals surface area contributed by atoms with Gasteiger partial charge in [-0.25, -0.2) is 9.97 Å². The zero-order valence-electron chi connectivity index (χ0n) is 17.8. The van der Waals surface area contributed by atoms with Crippen molar-refractivity contribution in [2.45, 2.75) is 33.1 Å². The Kier molecular flexibility index (Phi) is 5.79. The van der Waals surface area contributed by atoms with Gasteiger partial charge in [0.05, 0.1) is 11.6 Å². The van der Waals surface area contributed by atoms with Gasteiger partial charge in [0.1, 0.15) is 0 Å². The van der Waals surface area contributed by atoms with Gasteiger partial charge in [0.15, 0.2) is 0 Å². The van der Waals surface area contributed by atoms with E-state index in [1.807, 2.05) is 30.8 Å². The Morgan fingerprint density at radius 2 is 1.90 bits per heavy atom. The van der Waals surface area contributed by atoms with Gasteiger partial charge in [-0.2, -0.15) is 5.10 Å². The molecule has 1 atom stereocenters. The summed E-state index contributed by atoms with van der Waals surface area (Å²) in [5, 5.41) is 7.57. The Labute approximate surface area is 177 Å². The number of aromatic nitrogens is 4. The molecule has 0 spiro atoms. The fraction of sp³-hybridized carbons (Fsp3) is 0.391. The smallest absolute Gasteiger partial charge is 0.229 e. The largest absolute Gasteiger partial charge is 0.340 e. The van der Waals surface area contributed by atoms with Crippen molar-refractivity contribution < 1.29 is 4.79 Å². The van der Waals surface area contributed by atoms with Crippen molar-refractivity contribution in [3.05, 3.63) is 65.2 Å². The number of hydrogen-bond donors (Lipinski definition) is 1. The summed E-state index contributed by atoms with van der Waals surface area (Å²) in [5.41, 5.74) is 5.55. The fourth-order valence-electron chi connectivity index (χ4n) is 4.06. The van der Waals surface area contributed by atoms with Crippen LogP contribution >= 0.6 is 0 Å². The van der Waals surface area contributed by atoms with Crippen LogP contribution in [0.1, 0.15) is 35.4 Å². The molecular formula is C23H28N6O. The van der Waals surface area contributed by atoms with Crippen LogP contribution in [0.15, 0.2) is 42.7 Å². The van der Waals surface area contributed by atoms with E-state index in [0.717, 1.165) is 37.2 Å². The Hall–Kier alpha value is -3.22. The van der Waals surface area contributed by atoms with Crippen LogP contribution < -0.4 is 10.2 Å². The van der Waals surface area contributed by atoms with E-state index in [-0.39, 0.29) is 11.8 Å². The number of carbonyl (C=O) groups is 1. The molecular weight excluding hydrogens is 376 g/mol. The summed E-state index contributed by atoms with van der Waals surface area (Å²) in [6.07, 6.45) is 6.16. The van der Waals surface area contributed by atoms with Gasteiger partial charge < -0.3 is 10.2 Å². The molecule has 30 heavy (non-hydrogen) atoms. The molecule has 0 unspecified atom stereocenters. The number of rotatable bonds is 5. The van der Waals surface area contributed by atoms with Crippen LogP contribution in [0.5, 0.6) is 0 Å². The van der Waals surface area contributed by atoms with E-state index < -0.39 is 0 Å². The summed E-state index contributed by atoms with van der Waals surface area (Å²) in [6, 6.07) is 9.92. The molecule has 1 amide bonds. The van der Waals surface area contributed by atoms with Crippen LogP contribution in [0.2, 0.25) is 0 Å². The van der Waals surface area contributed by atoms with Gasteiger partial charge in [-0.15, -0.1) is 0 Å². The number of hydrogen-bond acceptors (Lipinski definition) is 5. The van der Waals surface area contributed by atoms with E-state index in [2.05, 4.69) is 44.3 Å². The Balaban J connectivity index is 1.37. The van der Waals surface area contributed by atoms with Gasteiger partial charge in [-0.1, -0.05) is 12.1 Å². The molecule has 3 aromatic rings. The van der Waals surface area contributed by atoms with Crippen LogP contribution in [0.3, 0.4) is 0 Å². The Bertz CT molecular complexity index is 1010. The third-order valence-electron chi connectivity index (χ3n) is 5.89. The first-order chi connectivity index (χ1) is 14.5. The second kappa shape index (κ2) is 8.65. The van der Waals surface area contributed by atoms with Crippen LogP contribution in [0.25, 0.3) is 0 Å². The number of nitrogens with zero attached hydrogens (tertiary/aromatic N) is 5. The molecule has 1 N–H and O–H groups in total. The van der Waals surface area contributed by atoms with Crippen molar-refractivity contribution in [3.8, 4) is 0 Å². The number of aryl methyl sites for hydroxylation is 2. The van der Waals surface area contributed by atoms with Gasteiger partial charge in [0.2, 0.25) is 11.9 Å². The second-order valence-corrected chi connectivity index (χ2v) is 7.97. The molecule has 2 aromatic heterocycles. The molecule has 1 saturated heterocycles. The summed E-state index contributed by atoms with van der Waals surface area (Å²) < 4.78 is 1.92. The zero-order chi connectivity index (χ0) is 21.1. The molecule has 3 heterocycles. The molecule has 0 aliphatic carbocycles. The number of anilines is 2. The summed E-state index contributed by atoms with van der Waals surface area (Å²) in [6.45, 7) is 5.67. The molecule has 0 saturated carbocycles. The number of nitrogens with one attached hydrogen (secondary N) is 1. The van der Waals surface area contributed by atoms with E-state index in [1.54, 1.807) is 18.5 Å². The highest BCUT2D eigenvalue weighted by Gasteiger charge is 2.27. The van der Waals surface area contributed by atoms with E-state index in [0.29, 0.717) is 12.5 Å². The zero-order valence-corrected chi connectivity index (χ0v) is 17.8. The topological polar surface area (TPSA) is 75.9 Å². The van der Waals surface area contributed by atoms with E-state index in [4.69, 9.17) is 0 Å². The molecule has 7 heteroatoms. The van der Waals surface area contributed by atoms with Gasteiger partial charge in [-0.05, 0) is 50.5 Å². The predicted molar refractivity (Wildman–Crippen MR) is 118 cm³/mol. The predicted octanol–water partition coefficient (Wildman–Crippen LogP) is 3.27. The first-order valence-electron chi connectivity index (χ1n) is 10.4. The highest BCUT2D eigenvalue weighted by Crippen LogP contribution is 2.23. The average Bonchev–Trinajstić information content (AvgIpc) is 3.01. The third kappa shape index (κ3) is 4.35. The SMILES string of the molecule is Cc1nn(C)c(C)c1Cc1ccc(NC(=O)[C@@H]2CCCN(c3ncccn3)C2)cc1. The van der Waals surface area contributed by atoms with Gasteiger partial charge in [-0.3, -0.25) is 9.48 Å². The van der Waals surface area contributed by atoms with Crippen LogP contribution in [-0.4, -0.2) is 38.7 Å². The summed E-state index contributed by atoms with van der Waals surface area (Å²) in [7, 11) is 1.97. The molecule has 1 aromatic carbocycles. The van der Waals surface area contributed by atoms with Crippen LogP contribution in [-0.2, 0) is 18.3 Å². The standard InChI is InChI=1S/C23H28N6O/c1-16-21(17(2)28(3)27-16)14-18-7-9-20(10-8-18)26-22(30)19-6-4-13-29(15-19)23-24-11-5-12-25-23/h5,7-12,19H,4,6,13-15H2,1-3H3,(H,26,30)/t19-/m1/s1. The van der Waals surface area contributed by atoms with Crippen molar-refractivity contribution in [2.75, 3.05) is 23.3 Å². The van der Waals surface area contributed by atoms with E-state index in [9.17, 15) is 4.79 Å². The molecule has 156 valence electrons. The van der Waals surface area contributed by atoms with Crippen molar-refractivity contribution >= 4 is 17.5 Å². The summed E-state index contributed by atoms with van der Waals surface area (Å²) in [4.78, 5) is 23.5. The van der Waals surface area contributed by atoms with Crippen molar-refractivity contribution in [2.24, 2.45) is 13.0 Å². The maximum atomic E-state index is 12.8. The lowest BCUT2D eigenvalue weighted by molar-refractivity contribution is -0.120. The lowest BCUT2D eigenvalue weighted by Gasteiger charge is -2.31. The normalized spacial score (nSPS) is 16.5. The minimum absolute atomic E-state index is 0.0577. The minimum Gasteiger partial charge on any atom is -0.340 e. The molecule has 7 nitrogen and oxygen atoms in total. The van der Waals surface area contributed by atoms with Crippen molar-refractivity contribution in [3.63, 3.8) is 0 Å². The molecule has 1 aliphatic heterocycles. The number of benzene rings is 1. The lowest BCUT2D eigenvalue weighted by atomic mass is 9.97. The summed E-state index contributed by atoms with van der Waals surface area (Å²) in [5.74, 6) is 0.686. The quantitative estimate of drug-likeness (QED) is 0.706. The van der Waals surface area contributed by atoms with Crippen molar-refractivity contribution in [1.29, 1.82) is 0 Å². The minimum atomic E-state index is -0.0667. The highest BCUT2D eigenvalue weighted by molar-refractivity contribution is 5.93. The molecule has 1 fully saturated rings. The first-order valence-corrected chi connectivity index (χ1v) is 10.4.